The van der Waals surface area contributed by atoms with E-state index in [1.165, 1.54) is 10.5 Å². The molecule has 36 heavy (non-hydrogen) atoms. The van der Waals surface area contributed by atoms with Crippen LogP contribution < -0.4 is 0 Å². The molecule has 184 valence electrons. The molecule has 7 nitrogen and oxygen atoms in total. The van der Waals surface area contributed by atoms with E-state index in [9.17, 15) is 14.4 Å². The standard InChI is InChI=1S/C29H30N4O3/c34-26(32-17-15-31(16-18-32)21-23-7-3-1-4-8-23)19-29(25-9-5-2-6-10-25)20-27(35)33(28(29)36)22-24-11-13-30-14-12-24/h1-14H,15-22H2. The molecule has 0 aliphatic carbocycles. The van der Waals surface area contributed by atoms with Crippen molar-refractivity contribution in [2.24, 2.45) is 0 Å². The second-order valence-electron chi connectivity index (χ2n) is 9.58. The molecular weight excluding hydrogens is 452 g/mol. The summed E-state index contributed by atoms with van der Waals surface area (Å²) in [6.07, 6.45) is 3.28. The second kappa shape index (κ2) is 10.4. The molecule has 3 aromatic rings. The van der Waals surface area contributed by atoms with Crippen molar-refractivity contribution in [2.75, 3.05) is 26.2 Å². The number of nitrogens with zero attached hydrogens (tertiary/aromatic N) is 4. The third-order valence-electron chi connectivity index (χ3n) is 7.25. The summed E-state index contributed by atoms with van der Waals surface area (Å²) in [7, 11) is 0. The van der Waals surface area contributed by atoms with Crippen molar-refractivity contribution in [3.63, 3.8) is 0 Å². The first kappa shape index (κ1) is 23.9. The Labute approximate surface area is 211 Å². The van der Waals surface area contributed by atoms with Crippen molar-refractivity contribution < 1.29 is 14.4 Å². The largest absolute Gasteiger partial charge is 0.340 e. The molecule has 3 amide bonds. The predicted molar refractivity (Wildman–Crippen MR) is 135 cm³/mol. The zero-order valence-corrected chi connectivity index (χ0v) is 20.3. The Balaban J connectivity index is 1.31. The van der Waals surface area contributed by atoms with Crippen LogP contribution in [-0.4, -0.2) is 63.6 Å². The molecule has 0 N–H and O–H groups in total. The van der Waals surface area contributed by atoms with Crippen LogP contribution in [0.15, 0.2) is 85.2 Å². The van der Waals surface area contributed by atoms with Crippen molar-refractivity contribution in [2.45, 2.75) is 31.3 Å². The van der Waals surface area contributed by atoms with Crippen LogP contribution in [0.4, 0.5) is 0 Å². The van der Waals surface area contributed by atoms with E-state index in [-0.39, 0.29) is 37.1 Å². The number of hydrogen-bond donors (Lipinski definition) is 0. The molecule has 0 spiro atoms. The number of hydrogen-bond acceptors (Lipinski definition) is 5. The lowest BCUT2D eigenvalue weighted by Crippen LogP contribution is -2.50. The number of piperazine rings is 1. The maximum atomic E-state index is 13.8. The van der Waals surface area contributed by atoms with Crippen molar-refractivity contribution in [1.82, 2.24) is 19.7 Å². The first-order valence-electron chi connectivity index (χ1n) is 12.4. The highest BCUT2D eigenvalue weighted by Crippen LogP contribution is 2.41. The van der Waals surface area contributed by atoms with Crippen LogP contribution in [0.2, 0.25) is 0 Å². The minimum atomic E-state index is -1.18. The van der Waals surface area contributed by atoms with Gasteiger partial charge in [-0.2, -0.15) is 0 Å². The Morgan fingerprint density at radius 1 is 0.778 bits per heavy atom. The van der Waals surface area contributed by atoms with Crippen LogP contribution in [0.25, 0.3) is 0 Å². The molecule has 1 atom stereocenters. The monoisotopic (exact) mass is 482 g/mol. The lowest BCUT2D eigenvalue weighted by molar-refractivity contribution is -0.143. The van der Waals surface area contributed by atoms with E-state index in [1.54, 1.807) is 24.5 Å². The summed E-state index contributed by atoms with van der Waals surface area (Å²) in [4.78, 5) is 50.0. The Hall–Kier alpha value is -3.84. The van der Waals surface area contributed by atoms with Crippen molar-refractivity contribution in [3.8, 4) is 0 Å². The molecule has 0 saturated carbocycles. The summed E-state index contributed by atoms with van der Waals surface area (Å²) < 4.78 is 0. The highest BCUT2D eigenvalue weighted by molar-refractivity contribution is 6.10. The van der Waals surface area contributed by atoms with Gasteiger partial charge in [-0.15, -0.1) is 0 Å². The number of likely N-dealkylation sites (tertiary alicyclic amines) is 1. The molecule has 2 saturated heterocycles. The zero-order valence-electron chi connectivity index (χ0n) is 20.3. The number of amides is 3. The molecule has 5 rings (SSSR count). The van der Waals surface area contributed by atoms with Gasteiger partial charge in [0.2, 0.25) is 17.7 Å². The number of aromatic nitrogens is 1. The van der Waals surface area contributed by atoms with Gasteiger partial charge in [0.1, 0.15) is 0 Å². The van der Waals surface area contributed by atoms with E-state index < -0.39 is 5.41 Å². The van der Waals surface area contributed by atoms with E-state index in [2.05, 4.69) is 22.0 Å². The fourth-order valence-electron chi connectivity index (χ4n) is 5.22. The Bertz CT molecular complexity index is 1210. The van der Waals surface area contributed by atoms with Gasteiger partial charge in [-0.05, 0) is 28.8 Å². The van der Waals surface area contributed by atoms with Crippen molar-refractivity contribution >= 4 is 17.7 Å². The minimum absolute atomic E-state index is 0.000637. The normalized spacial score (nSPS) is 20.7. The van der Waals surface area contributed by atoms with Gasteiger partial charge in [-0.1, -0.05) is 60.7 Å². The third-order valence-corrected chi connectivity index (χ3v) is 7.25. The third kappa shape index (κ3) is 4.93. The van der Waals surface area contributed by atoms with Gasteiger partial charge < -0.3 is 4.90 Å². The lowest BCUT2D eigenvalue weighted by Gasteiger charge is -2.36. The Morgan fingerprint density at radius 2 is 1.39 bits per heavy atom. The van der Waals surface area contributed by atoms with Crippen molar-refractivity contribution in [3.05, 3.63) is 102 Å². The minimum Gasteiger partial charge on any atom is -0.340 e. The van der Waals surface area contributed by atoms with Crippen LogP contribution in [0.3, 0.4) is 0 Å². The second-order valence-corrected chi connectivity index (χ2v) is 9.58. The molecule has 1 unspecified atom stereocenters. The van der Waals surface area contributed by atoms with Gasteiger partial charge >= 0.3 is 0 Å². The summed E-state index contributed by atoms with van der Waals surface area (Å²) >= 11 is 0. The molecule has 2 aliphatic rings. The average molecular weight is 483 g/mol. The molecule has 2 aromatic carbocycles. The van der Waals surface area contributed by atoms with E-state index in [0.29, 0.717) is 13.1 Å². The molecular formula is C29H30N4O3. The van der Waals surface area contributed by atoms with E-state index in [4.69, 9.17) is 0 Å². The average Bonchev–Trinajstić information content (AvgIpc) is 3.15. The van der Waals surface area contributed by atoms with Gasteiger partial charge in [-0.3, -0.25) is 29.2 Å². The fourth-order valence-corrected chi connectivity index (χ4v) is 5.22. The van der Waals surface area contributed by atoms with E-state index >= 15 is 0 Å². The van der Waals surface area contributed by atoms with Gasteiger partial charge in [0.05, 0.1) is 12.0 Å². The predicted octanol–water partition coefficient (Wildman–Crippen LogP) is 3.01. The molecule has 0 bridgehead atoms. The van der Waals surface area contributed by atoms with Crippen LogP contribution in [-0.2, 0) is 32.9 Å². The fraction of sp³-hybridized carbons (Fsp3) is 0.310. The van der Waals surface area contributed by atoms with Gasteiger partial charge in [0.15, 0.2) is 0 Å². The first-order valence-corrected chi connectivity index (χ1v) is 12.4. The first-order chi connectivity index (χ1) is 17.5. The van der Waals surface area contributed by atoms with Gasteiger partial charge in [0.25, 0.3) is 0 Å². The number of carbonyl (C=O) groups excluding carboxylic acids is 3. The SMILES string of the molecule is O=C(CC1(c2ccccc2)CC(=O)N(Cc2ccncc2)C1=O)N1CCN(Cc2ccccc2)CC1. The zero-order chi connectivity index (χ0) is 25.0. The molecule has 3 heterocycles. The summed E-state index contributed by atoms with van der Waals surface area (Å²) in [6.45, 7) is 3.81. The van der Waals surface area contributed by atoms with Crippen LogP contribution in [0.1, 0.15) is 29.5 Å². The smallest absolute Gasteiger partial charge is 0.241 e. The van der Waals surface area contributed by atoms with Crippen molar-refractivity contribution in [1.29, 1.82) is 0 Å². The highest BCUT2D eigenvalue weighted by Gasteiger charge is 2.54. The summed E-state index contributed by atoms with van der Waals surface area (Å²) in [6, 6.07) is 23.2. The highest BCUT2D eigenvalue weighted by atomic mass is 16.2. The number of benzene rings is 2. The molecule has 2 fully saturated rings. The van der Waals surface area contributed by atoms with Crippen LogP contribution in [0.5, 0.6) is 0 Å². The molecule has 2 aliphatic heterocycles. The summed E-state index contributed by atoms with van der Waals surface area (Å²) in [5, 5.41) is 0. The molecule has 0 radical (unpaired) electrons. The lowest BCUT2D eigenvalue weighted by atomic mass is 9.75. The van der Waals surface area contributed by atoms with Gasteiger partial charge in [-0.25, -0.2) is 0 Å². The maximum absolute atomic E-state index is 13.8. The Morgan fingerprint density at radius 3 is 2.06 bits per heavy atom. The summed E-state index contributed by atoms with van der Waals surface area (Å²) in [5.41, 5.74) is 1.63. The number of carbonyl (C=O) groups is 3. The number of pyridine rings is 1. The Kier molecular flexibility index (Phi) is 6.91. The van der Waals surface area contributed by atoms with Crippen LogP contribution >= 0.6 is 0 Å². The molecule has 7 heteroatoms. The topological polar surface area (TPSA) is 73.8 Å². The molecule has 1 aromatic heterocycles. The maximum Gasteiger partial charge on any atom is 0.241 e. The summed E-state index contributed by atoms with van der Waals surface area (Å²) in [5.74, 6) is -0.627. The quantitative estimate of drug-likeness (QED) is 0.484. The van der Waals surface area contributed by atoms with Crippen LogP contribution in [0, 0.1) is 0 Å². The van der Waals surface area contributed by atoms with E-state index in [0.717, 1.165) is 30.8 Å². The van der Waals surface area contributed by atoms with E-state index in [1.807, 2.05) is 53.4 Å². The number of imide groups is 1. The number of rotatable bonds is 7. The van der Waals surface area contributed by atoms with Gasteiger partial charge in [0, 0.05) is 58.0 Å².